The lowest BCUT2D eigenvalue weighted by molar-refractivity contribution is -0.132. The Kier molecular flexibility index (Phi) is 4.16. The van der Waals surface area contributed by atoms with Crippen molar-refractivity contribution in [3.8, 4) is 0 Å². The van der Waals surface area contributed by atoms with Gasteiger partial charge in [-0.05, 0) is 17.7 Å². The SMILES string of the molecule is CN(C)C(=O)[C@@H](Cc1ccccc1)N1C(=O)c2ccccc2C1=O. The summed E-state index contributed by atoms with van der Waals surface area (Å²) in [6, 6.07) is 15.2. The number of likely N-dealkylation sites (N-methyl/N-ethyl adjacent to an activating group) is 1. The highest BCUT2D eigenvalue weighted by Crippen LogP contribution is 2.26. The third kappa shape index (κ3) is 2.69. The Morgan fingerprint density at radius 2 is 1.42 bits per heavy atom. The van der Waals surface area contributed by atoms with Crippen molar-refractivity contribution in [3.63, 3.8) is 0 Å². The maximum atomic E-state index is 12.7. The Hall–Kier alpha value is -2.95. The highest BCUT2D eigenvalue weighted by molar-refractivity contribution is 6.22. The first-order valence-corrected chi connectivity index (χ1v) is 7.72. The zero-order valence-corrected chi connectivity index (χ0v) is 13.6. The second-order valence-electron chi connectivity index (χ2n) is 5.96. The van der Waals surface area contributed by atoms with Crippen molar-refractivity contribution in [1.29, 1.82) is 0 Å². The predicted molar refractivity (Wildman–Crippen MR) is 89.6 cm³/mol. The average molecular weight is 322 g/mol. The van der Waals surface area contributed by atoms with Gasteiger partial charge in [-0.1, -0.05) is 42.5 Å². The summed E-state index contributed by atoms with van der Waals surface area (Å²) < 4.78 is 0. The molecule has 1 aliphatic heterocycles. The van der Waals surface area contributed by atoms with Crippen LogP contribution in [0.25, 0.3) is 0 Å². The largest absolute Gasteiger partial charge is 0.347 e. The first-order chi connectivity index (χ1) is 11.5. The average Bonchev–Trinajstić information content (AvgIpc) is 2.85. The maximum absolute atomic E-state index is 12.7. The Morgan fingerprint density at radius 3 is 1.92 bits per heavy atom. The van der Waals surface area contributed by atoms with E-state index in [2.05, 4.69) is 0 Å². The van der Waals surface area contributed by atoms with Gasteiger partial charge in [0.2, 0.25) is 5.91 Å². The summed E-state index contributed by atoms with van der Waals surface area (Å²) in [6.45, 7) is 0. The summed E-state index contributed by atoms with van der Waals surface area (Å²) in [5.41, 5.74) is 1.61. The summed E-state index contributed by atoms with van der Waals surface area (Å²) in [5.74, 6) is -1.09. The summed E-state index contributed by atoms with van der Waals surface area (Å²) in [5, 5.41) is 0. The van der Waals surface area contributed by atoms with E-state index in [0.29, 0.717) is 17.5 Å². The Labute approximate surface area is 140 Å². The molecular weight excluding hydrogens is 304 g/mol. The van der Waals surface area contributed by atoms with Gasteiger partial charge in [-0.3, -0.25) is 19.3 Å². The van der Waals surface area contributed by atoms with Crippen molar-refractivity contribution in [1.82, 2.24) is 9.80 Å². The second kappa shape index (κ2) is 6.28. The van der Waals surface area contributed by atoms with Crippen LogP contribution in [0.1, 0.15) is 26.3 Å². The van der Waals surface area contributed by atoms with E-state index in [1.807, 2.05) is 30.3 Å². The van der Waals surface area contributed by atoms with E-state index >= 15 is 0 Å². The van der Waals surface area contributed by atoms with Crippen molar-refractivity contribution >= 4 is 17.7 Å². The molecule has 0 saturated carbocycles. The van der Waals surface area contributed by atoms with E-state index < -0.39 is 17.9 Å². The van der Waals surface area contributed by atoms with Gasteiger partial charge in [-0.25, -0.2) is 0 Å². The van der Waals surface area contributed by atoms with E-state index in [1.54, 1.807) is 38.4 Å². The third-order valence-electron chi connectivity index (χ3n) is 4.13. The van der Waals surface area contributed by atoms with Gasteiger partial charge in [-0.15, -0.1) is 0 Å². The Morgan fingerprint density at radius 1 is 0.917 bits per heavy atom. The fourth-order valence-corrected chi connectivity index (χ4v) is 2.92. The number of fused-ring (bicyclic) bond motifs is 1. The molecule has 0 fully saturated rings. The molecule has 0 unspecified atom stereocenters. The third-order valence-corrected chi connectivity index (χ3v) is 4.13. The van der Waals surface area contributed by atoms with Crippen molar-refractivity contribution in [2.24, 2.45) is 0 Å². The number of hydrogen-bond acceptors (Lipinski definition) is 3. The molecular formula is C19H18N2O3. The zero-order valence-electron chi connectivity index (χ0n) is 13.6. The molecule has 122 valence electrons. The number of rotatable bonds is 4. The fourth-order valence-electron chi connectivity index (χ4n) is 2.92. The Bertz CT molecular complexity index is 764. The number of nitrogens with zero attached hydrogens (tertiary/aromatic N) is 2. The van der Waals surface area contributed by atoms with E-state index in [1.165, 1.54) is 4.90 Å². The first kappa shape index (κ1) is 15.9. The second-order valence-corrected chi connectivity index (χ2v) is 5.96. The normalized spacial score (nSPS) is 14.5. The standard InChI is InChI=1S/C19H18N2O3/c1-20(2)19(24)16(12-13-8-4-3-5-9-13)21-17(22)14-10-6-7-11-15(14)18(21)23/h3-11,16H,12H2,1-2H3/t16-/m1/s1. The van der Waals surface area contributed by atoms with Crippen molar-refractivity contribution in [3.05, 3.63) is 71.3 Å². The smallest absolute Gasteiger partial charge is 0.262 e. The van der Waals surface area contributed by atoms with Gasteiger partial charge in [-0.2, -0.15) is 0 Å². The van der Waals surface area contributed by atoms with Crippen LogP contribution in [-0.4, -0.2) is 47.7 Å². The van der Waals surface area contributed by atoms with Gasteiger partial charge in [0.05, 0.1) is 11.1 Å². The molecule has 0 N–H and O–H groups in total. The maximum Gasteiger partial charge on any atom is 0.262 e. The molecule has 2 aromatic carbocycles. The number of hydrogen-bond donors (Lipinski definition) is 0. The molecule has 2 aromatic rings. The first-order valence-electron chi connectivity index (χ1n) is 7.72. The van der Waals surface area contributed by atoms with Crippen molar-refractivity contribution < 1.29 is 14.4 Å². The minimum atomic E-state index is -0.852. The van der Waals surface area contributed by atoms with Gasteiger partial charge < -0.3 is 4.90 Å². The molecule has 0 saturated heterocycles. The topological polar surface area (TPSA) is 57.7 Å². The molecule has 5 heteroatoms. The predicted octanol–water partition coefficient (Wildman–Crippen LogP) is 1.98. The molecule has 0 bridgehead atoms. The number of carbonyl (C=O) groups is 3. The minimum absolute atomic E-state index is 0.270. The molecule has 0 radical (unpaired) electrons. The van der Waals surface area contributed by atoms with Gasteiger partial charge in [0.1, 0.15) is 6.04 Å². The lowest BCUT2D eigenvalue weighted by atomic mass is 10.0. The highest BCUT2D eigenvalue weighted by Gasteiger charge is 2.42. The lowest BCUT2D eigenvalue weighted by Gasteiger charge is -2.27. The van der Waals surface area contributed by atoms with Crippen LogP contribution >= 0.6 is 0 Å². The lowest BCUT2D eigenvalue weighted by Crippen LogP contribution is -2.50. The van der Waals surface area contributed by atoms with Gasteiger partial charge in [0.25, 0.3) is 11.8 Å². The molecule has 3 amide bonds. The van der Waals surface area contributed by atoms with Crippen LogP contribution in [-0.2, 0) is 11.2 Å². The summed E-state index contributed by atoms with van der Waals surface area (Å²) in [4.78, 5) is 40.6. The van der Waals surface area contributed by atoms with Gasteiger partial charge in [0.15, 0.2) is 0 Å². The summed E-state index contributed by atoms with van der Waals surface area (Å²) >= 11 is 0. The monoisotopic (exact) mass is 322 g/mol. The quantitative estimate of drug-likeness (QED) is 0.809. The van der Waals surface area contributed by atoms with E-state index in [4.69, 9.17) is 0 Å². The minimum Gasteiger partial charge on any atom is -0.347 e. The summed E-state index contributed by atoms with van der Waals surface area (Å²) in [7, 11) is 3.25. The highest BCUT2D eigenvalue weighted by atomic mass is 16.2. The Balaban J connectivity index is 1.99. The molecule has 1 atom stereocenters. The number of carbonyl (C=O) groups excluding carboxylic acids is 3. The van der Waals surface area contributed by atoms with E-state index in [0.717, 1.165) is 10.5 Å². The molecule has 1 heterocycles. The van der Waals surface area contributed by atoms with E-state index in [9.17, 15) is 14.4 Å². The van der Waals surface area contributed by atoms with Crippen LogP contribution in [0.5, 0.6) is 0 Å². The van der Waals surface area contributed by atoms with Crippen LogP contribution in [0.2, 0.25) is 0 Å². The van der Waals surface area contributed by atoms with Crippen LogP contribution < -0.4 is 0 Å². The van der Waals surface area contributed by atoms with Crippen molar-refractivity contribution in [2.75, 3.05) is 14.1 Å². The number of amides is 3. The van der Waals surface area contributed by atoms with E-state index in [-0.39, 0.29) is 5.91 Å². The van der Waals surface area contributed by atoms with Crippen LogP contribution in [0.15, 0.2) is 54.6 Å². The number of benzene rings is 2. The molecule has 0 spiro atoms. The van der Waals surface area contributed by atoms with Crippen LogP contribution in [0, 0.1) is 0 Å². The molecule has 3 rings (SSSR count). The fraction of sp³-hybridized carbons (Fsp3) is 0.211. The van der Waals surface area contributed by atoms with Gasteiger partial charge >= 0.3 is 0 Å². The molecule has 1 aliphatic rings. The summed E-state index contributed by atoms with van der Waals surface area (Å²) in [6.07, 6.45) is 0.295. The molecule has 0 aliphatic carbocycles. The van der Waals surface area contributed by atoms with Gasteiger partial charge in [0, 0.05) is 20.5 Å². The number of imide groups is 1. The van der Waals surface area contributed by atoms with Crippen LogP contribution in [0.3, 0.4) is 0 Å². The molecule has 5 nitrogen and oxygen atoms in total. The zero-order chi connectivity index (χ0) is 17.3. The van der Waals surface area contributed by atoms with Crippen LogP contribution in [0.4, 0.5) is 0 Å². The molecule has 24 heavy (non-hydrogen) atoms. The molecule has 0 aromatic heterocycles. The van der Waals surface area contributed by atoms with Crippen molar-refractivity contribution in [2.45, 2.75) is 12.5 Å².